The Labute approximate surface area is 192 Å². The van der Waals surface area contributed by atoms with Crippen molar-refractivity contribution in [1.82, 2.24) is 0 Å². The van der Waals surface area contributed by atoms with Crippen LogP contribution in [0, 0.1) is 12.3 Å². The molecule has 0 atom stereocenters. The fraction of sp³-hybridized carbons (Fsp3) is 0.700. The molecule has 0 fully saturated rings. The molecular formula is C20H40O10P2. The minimum atomic E-state index is -2.61. The molecule has 0 saturated carbocycles. The topological polar surface area (TPSA) is 191 Å². The van der Waals surface area contributed by atoms with E-state index in [-0.39, 0.29) is 10.8 Å². The molecule has 0 aliphatic heterocycles. The number of aryl methyl sites for hydroxylation is 1. The van der Waals surface area contributed by atoms with E-state index in [0.717, 1.165) is 11.1 Å². The highest BCUT2D eigenvalue weighted by molar-refractivity contribution is 7.53. The van der Waals surface area contributed by atoms with Gasteiger partial charge in [0.2, 0.25) is 0 Å². The van der Waals surface area contributed by atoms with E-state index in [2.05, 4.69) is 64.9 Å². The number of phenols is 1. The summed E-state index contributed by atoms with van der Waals surface area (Å²) < 4.78 is 3.60. The van der Waals surface area contributed by atoms with Crippen molar-refractivity contribution in [2.45, 2.75) is 59.3 Å². The molecule has 9 N–H and O–H groups in total. The van der Waals surface area contributed by atoms with Gasteiger partial charge >= 0.3 is 17.2 Å². The summed E-state index contributed by atoms with van der Waals surface area (Å²) in [5.74, 6) is 0.464. The molecule has 0 heterocycles. The highest BCUT2D eigenvalue weighted by Gasteiger charge is 2.27. The highest BCUT2D eigenvalue weighted by atomic mass is 31.2. The third-order valence-corrected chi connectivity index (χ3v) is 5.53. The zero-order valence-corrected chi connectivity index (χ0v) is 21.6. The van der Waals surface area contributed by atoms with Crippen LogP contribution >= 0.6 is 17.2 Å². The van der Waals surface area contributed by atoms with Crippen LogP contribution in [-0.4, -0.2) is 71.5 Å². The van der Waals surface area contributed by atoms with Gasteiger partial charge in [-0.1, -0.05) is 59.2 Å². The highest BCUT2D eigenvalue weighted by Crippen LogP contribution is 2.42. The van der Waals surface area contributed by atoms with Crippen molar-refractivity contribution in [3.8, 4) is 5.75 Å². The Balaban J connectivity index is 0. The number of hydrogen-bond acceptors (Lipinski definition) is 10. The molecule has 0 aromatic heterocycles. The second-order valence-electron chi connectivity index (χ2n) is 9.43. The van der Waals surface area contributed by atoms with Crippen molar-refractivity contribution < 1.29 is 49.4 Å². The van der Waals surface area contributed by atoms with Crippen molar-refractivity contribution in [2.24, 2.45) is 5.41 Å². The molecule has 0 unspecified atom stereocenters. The van der Waals surface area contributed by atoms with Crippen molar-refractivity contribution in [1.29, 1.82) is 0 Å². The van der Waals surface area contributed by atoms with Gasteiger partial charge < -0.3 is 45.1 Å². The van der Waals surface area contributed by atoms with Gasteiger partial charge in [-0.05, 0) is 28.9 Å². The SMILES string of the molecule is Cc1cc(C(C)(C)C)c(O)c(C(C)(C)C)c1.OCC(CO)(CO)CO.OP(O)OP(O)O. The summed E-state index contributed by atoms with van der Waals surface area (Å²) in [4.78, 5) is 31.3. The third kappa shape index (κ3) is 12.7. The van der Waals surface area contributed by atoms with Gasteiger partial charge in [0, 0.05) is 0 Å². The lowest BCUT2D eigenvalue weighted by Crippen LogP contribution is -2.37. The summed E-state index contributed by atoms with van der Waals surface area (Å²) in [6.07, 6.45) is 0. The number of hydrogen-bond donors (Lipinski definition) is 9. The first kappa shape index (κ1) is 33.7. The van der Waals surface area contributed by atoms with Crippen LogP contribution in [0.3, 0.4) is 0 Å². The molecule has 0 radical (unpaired) electrons. The van der Waals surface area contributed by atoms with Gasteiger partial charge in [-0.15, -0.1) is 0 Å². The number of rotatable bonds is 6. The second kappa shape index (κ2) is 14.7. The largest absolute Gasteiger partial charge is 0.507 e. The van der Waals surface area contributed by atoms with E-state index in [1.165, 1.54) is 5.56 Å². The second-order valence-corrected chi connectivity index (χ2v) is 11.1. The molecule has 1 rings (SSSR count). The zero-order chi connectivity index (χ0) is 25.9. The maximum absolute atomic E-state index is 10.4. The molecule has 10 nitrogen and oxygen atoms in total. The summed E-state index contributed by atoms with van der Waals surface area (Å²) >= 11 is 0. The van der Waals surface area contributed by atoms with Crippen LogP contribution in [-0.2, 0) is 15.1 Å². The first-order valence-electron chi connectivity index (χ1n) is 9.72. The Kier molecular flexibility index (Phi) is 15.5. The van der Waals surface area contributed by atoms with Crippen molar-refractivity contribution >= 4 is 17.2 Å². The maximum Gasteiger partial charge on any atom is 0.334 e. The Hall–Kier alpha value is -0.480. The molecule has 0 saturated heterocycles. The van der Waals surface area contributed by atoms with E-state index in [1.807, 2.05) is 0 Å². The van der Waals surface area contributed by atoms with E-state index in [1.54, 1.807) is 0 Å². The standard InChI is InChI=1S/C15H24O.C5H12O4.H4O5P2/c1-10-8-11(14(2,3)4)13(16)12(9-10)15(5,6)7;6-1-5(2-7,3-8)4-9;1-6(2)5-7(3)4/h8-9,16H,1-7H3;6-9H,1-4H2;1-4H. The quantitative estimate of drug-likeness (QED) is 0.259. The molecule has 0 amide bonds. The van der Waals surface area contributed by atoms with Crippen LogP contribution in [0.5, 0.6) is 5.75 Å². The lowest BCUT2D eigenvalue weighted by Gasteiger charge is -2.27. The Morgan fingerprint density at radius 2 is 0.969 bits per heavy atom. The van der Waals surface area contributed by atoms with Crippen LogP contribution in [0.4, 0.5) is 0 Å². The predicted octanol–water partition coefficient (Wildman–Crippen LogP) is 1.66. The molecule has 12 heteroatoms. The molecule has 190 valence electrons. The van der Waals surface area contributed by atoms with Crippen molar-refractivity contribution in [3.63, 3.8) is 0 Å². The number of phenolic OH excluding ortho intramolecular Hbond substituents is 1. The van der Waals surface area contributed by atoms with Crippen molar-refractivity contribution in [3.05, 3.63) is 28.8 Å². The summed E-state index contributed by atoms with van der Waals surface area (Å²) in [5.41, 5.74) is 2.15. The van der Waals surface area contributed by atoms with Crippen LogP contribution in [0.1, 0.15) is 58.2 Å². The van der Waals surface area contributed by atoms with Gasteiger partial charge in [-0.25, -0.2) is 4.31 Å². The lowest BCUT2D eigenvalue weighted by atomic mass is 9.78. The molecule has 0 spiro atoms. The Bertz CT molecular complexity index is 592. The monoisotopic (exact) mass is 502 g/mol. The minimum absolute atomic E-state index is 0.0178. The van der Waals surface area contributed by atoms with Gasteiger partial charge in [0.05, 0.1) is 31.8 Å². The number of aliphatic hydroxyl groups is 4. The van der Waals surface area contributed by atoms with Gasteiger partial charge in [-0.3, -0.25) is 0 Å². The number of benzene rings is 1. The van der Waals surface area contributed by atoms with E-state index in [4.69, 9.17) is 40.0 Å². The lowest BCUT2D eigenvalue weighted by molar-refractivity contribution is -0.0328. The van der Waals surface area contributed by atoms with E-state index >= 15 is 0 Å². The fourth-order valence-electron chi connectivity index (χ4n) is 2.29. The number of aliphatic hydroxyl groups excluding tert-OH is 4. The van der Waals surface area contributed by atoms with Gasteiger partial charge in [0.1, 0.15) is 5.75 Å². The first-order valence-corrected chi connectivity index (χ1v) is 12.1. The summed E-state index contributed by atoms with van der Waals surface area (Å²) in [6, 6.07) is 4.18. The van der Waals surface area contributed by atoms with Gasteiger partial charge in [0.15, 0.2) is 0 Å². The van der Waals surface area contributed by atoms with Crippen LogP contribution in [0.25, 0.3) is 0 Å². The molecule has 1 aromatic rings. The maximum atomic E-state index is 10.4. The average Bonchev–Trinajstić information content (AvgIpc) is 2.64. The summed E-state index contributed by atoms with van der Waals surface area (Å²) in [5, 5.41) is 44.4. The molecule has 0 bridgehead atoms. The van der Waals surface area contributed by atoms with Crippen molar-refractivity contribution in [2.75, 3.05) is 26.4 Å². The van der Waals surface area contributed by atoms with Crippen LogP contribution < -0.4 is 0 Å². The normalized spacial score (nSPS) is 12.3. The average molecular weight is 502 g/mol. The predicted molar refractivity (Wildman–Crippen MR) is 125 cm³/mol. The smallest absolute Gasteiger partial charge is 0.334 e. The minimum Gasteiger partial charge on any atom is -0.507 e. The van der Waals surface area contributed by atoms with Crippen LogP contribution in [0.2, 0.25) is 0 Å². The molecule has 0 aliphatic rings. The van der Waals surface area contributed by atoms with E-state index in [0.29, 0.717) is 5.75 Å². The van der Waals surface area contributed by atoms with Gasteiger partial charge in [-0.2, -0.15) is 0 Å². The van der Waals surface area contributed by atoms with E-state index in [9.17, 15) is 5.11 Å². The van der Waals surface area contributed by atoms with Crippen LogP contribution in [0.15, 0.2) is 12.1 Å². The zero-order valence-electron chi connectivity index (χ0n) is 19.8. The molecule has 0 aliphatic carbocycles. The van der Waals surface area contributed by atoms with E-state index < -0.39 is 49.0 Å². The first-order chi connectivity index (χ1) is 14.4. The Morgan fingerprint density at radius 1 is 0.688 bits per heavy atom. The molecular weight excluding hydrogens is 462 g/mol. The molecule has 1 aromatic carbocycles. The molecule has 32 heavy (non-hydrogen) atoms. The third-order valence-electron chi connectivity index (χ3n) is 4.36. The number of aromatic hydroxyl groups is 1. The summed E-state index contributed by atoms with van der Waals surface area (Å²) in [6.45, 7) is 13.3. The Morgan fingerprint density at radius 3 is 1.09 bits per heavy atom. The fourth-order valence-corrected chi connectivity index (χ4v) is 2.81. The summed E-state index contributed by atoms with van der Waals surface area (Å²) in [7, 11) is -5.22. The van der Waals surface area contributed by atoms with Gasteiger partial charge in [0.25, 0.3) is 0 Å².